The maximum absolute atomic E-state index is 11.8. The van der Waals surface area contributed by atoms with Gasteiger partial charge in [-0.3, -0.25) is 9.36 Å². The van der Waals surface area contributed by atoms with Gasteiger partial charge < -0.3 is 4.74 Å². The van der Waals surface area contributed by atoms with Gasteiger partial charge in [-0.25, -0.2) is 0 Å². The maximum Gasteiger partial charge on any atom is 0.255 e. The fourth-order valence-electron chi connectivity index (χ4n) is 1.77. The first-order chi connectivity index (χ1) is 8.56. The van der Waals surface area contributed by atoms with Gasteiger partial charge in [0.15, 0.2) is 0 Å². The van der Waals surface area contributed by atoms with Crippen LogP contribution in [0, 0.1) is 6.92 Å². The van der Waals surface area contributed by atoms with Crippen LogP contribution in [-0.4, -0.2) is 10.7 Å². The standard InChI is InChI=1S/C15H17NO2/c1-11(2)18-14-6-4-5-13(9-14)16-10-12(3)7-8-15(16)17/h4-11H,1-3H3. The molecule has 0 N–H and O–H groups in total. The van der Waals surface area contributed by atoms with Crippen LogP contribution in [0.4, 0.5) is 0 Å². The molecule has 0 fully saturated rings. The van der Waals surface area contributed by atoms with Crippen molar-refractivity contribution in [3.05, 3.63) is 58.5 Å². The number of benzene rings is 1. The number of rotatable bonds is 3. The van der Waals surface area contributed by atoms with E-state index in [4.69, 9.17) is 4.74 Å². The van der Waals surface area contributed by atoms with Gasteiger partial charge in [-0.1, -0.05) is 12.1 Å². The summed E-state index contributed by atoms with van der Waals surface area (Å²) >= 11 is 0. The van der Waals surface area contributed by atoms with Crippen LogP contribution in [0.1, 0.15) is 19.4 Å². The van der Waals surface area contributed by atoms with Gasteiger partial charge in [0.05, 0.1) is 11.8 Å². The molecule has 3 nitrogen and oxygen atoms in total. The molecule has 0 aliphatic heterocycles. The van der Waals surface area contributed by atoms with E-state index >= 15 is 0 Å². The summed E-state index contributed by atoms with van der Waals surface area (Å²) in [5.41, 5.74) is 1.83. The highest BCUT2D eigenvalue weighted by Crippen LogP contribution is 2.17. The molecule has 0 bridgehead atoms. The smallest absolute Gasteiger partial charge is 0.255 e. The van der Waals surface area contributed by atoms with Crippen molar-refractivity contribution >= 4 is 0 Å². The molecule has 94 valence electrons. The average Bonchev–Trinajstić information content (AvgIpc) is 2.32. The summed E-state index contributed by atoms with van der Waals surface area (Å²) in [5, 5.41) is 0. The van der Waals surface area contributed by atoms with Crippen molar-refractivity contribution in [2.24, 2.45) is 0 Å². The van der Waals surface area contributed by atoms with E-state index in [1.165, 1.54) is 0 Å². The lowest BCUT2D eigenvalue weighted by atomic mass is 10.2. The molecule has 0 saturated heterocycles. The molecule has 0 radical (unpaired) electrons. The second kappa shape index (κ2) is 5.08. The Morgan fingerprint density at radius 3 is 2.67 bits per heavy atom. The third-order valence-corrected chi connectivity index (χ3v) is 2.53. The van der Waals surface area contributed by atoms with Crippen molar-refractivity contribution in [2.75, 3.05) is 0 Å². The number of hydrogen-bond acceptors (Lipinski definition) is 2. The number of aromatic nitrogens is 1. The molecule has 0 spiro atoms. The summed E-state index contributed by atoms with van der Waals surface area (Å²) < 4.78 is 7.26. The summed E-state index contributed by atoms with van der Waals surface area (Å²) in [6, 6.07) is 10.9. The van der Waals surface area contributed by atoms with Gasteiger partial charge in [-0.05, 0) is 38.5 Å². The third-order valence-electron chi connectivity index (χ3n) is 2.53. The lowest BCUT2D eigenvalue weighted by Gasteiger charge is -2.12. The van der Waals surface area contributed by atoms with Crippen LogP contribution < -0.4 is 10.3 Å². The van der Waals surface area contributed by atoms with Gasteiger partial charge in [0.1, 0.15) is 5.75 Å². The van der Waals surface area contributed by atoms with Crippen LogP contribution in [0.2, 0.25) is 0 Å². The van der Waals surface area contributed by atoms with Crippen molar-refractivity contribution in [1.29, 1.82) is 0 Å². The topological polar surface area (TPSA) is 31.2 Å². The molecule has 2 aromatic rings. The first kappa shape index (κ1) is 12.4. The van der Waals surface area contributed by atoms with Gasteiger partial charge in [-0.15, -0.1) is 0 Å². The zero-order chi connectivity index (χ0) is 13.1. The third kappa shape index (κ3) is 2.80. The Morgan fingerprint density at radius 1 is 1.17 bits per heavy atom. The zero-order valence-corrected chi connectivity index (χ0v) is 10.9. The van der Waals surface area contributed by atoms with E-state index in [9.17, 15) is 4.79 Å². The molecule has 0 unspecified atom stereocenters. The first-order valence-corrected chi connectivity index (χ1v) is 6.02. The van der Waals surface area contributed by atoms with Crippen molar-refractivity contribution in [1.82, 2.24) is 4.57 Å². The molecule has 1 heterocycles. The van der Waals surface area contributed by atoms with E-state index in [1.807, 2.05) is 57.3 Å². The molecule has 0 aliphatic carbocycles. The van der Waals surface area contributed by atoms with E-state index in [0.29, 0.717) is 0 Å². The molecule has 18 heavy (non-hydrogen) atoms. The van der Waals surface area contributed by atoms with Crippen LogP contribution >= 0.6 is 0 Å². The molecule has 1 aromatic heterocycles. The Labute approximate surface area is 107 Å². The Balaban J connectivity index is 2.44. The molecule has 0 aliphatic rings. The molecule has 0 saturated carbocycles. The van der Waals surface area contributed by atoms with Crippen molar-refractivity contribution in [2.45, 2.75) is 26.9 Å². The Morgan fingerprint density at radius 2 is 1.94 bits per heavy atom. The molecule has 0 amide bonds. The van der Waals surface area contributed by atoms with Gasteiger partial charge in [-0.2, -0.15) is 0 Å². The molecular weight excluding hydrogens is 226 g/mol. The van der Waals surface area contributed by atoms with E-state index < -0.39 is 0 Å². The average molecular weight is 243 g/mol. The van der Waals surface area contributed by atoms with Crippen LogP contribution in [0.25, 0.3) is 5.69 Å². The van der Waals surface area contributed by atoms with E-state index in [1.54, 1.807) is 10.6 Å². The number of hydrogen-bond donors (Lipinski definition) is 0. The molecule has 2 rings (SSSR count). The first-order valence-electron chi connectivity index (χ1n) is 6.02. The zero-order valence-electron chi connectivity index (χ0n) is 10.9. The van der Waals surface area contributed by atoms with Crippen LogP contribution in [-0.2, 0) is 0 Å². The van der Waals surface area contributed by atoms with Crippen molar-refractivity contribution in [3.8, 4) is 11.4 Å². The summed E-state index contributed by atoms with van der Waals surface area (Å²) in [5.74, 6) is 0.774. The monoisotopic (exact) mass is 243 g/mol. The fraction of sp³-hybridized carbons (Fsp3) is 0.267. The molecule has 3 heteroatoms. The highest BCUT2D eigenvalue weighted by atomic mass is 16.5. The van der Waals surface area contributed by atoms with Crippen LogP contribution in [0.5, 0.6) is 5.75 Å². The predicted octanol–water partition coefficient (Wildman–Crippen LogP) is 2.93. The number of pyridine rings is 1. The Hall–Kier alpha value is -2.03. The lowest BCUT2D eigenvalue weighted by Crippen LogP contribution is -2.16. The summed E-state index contributed by atoms with van der Waals surface area (Å²) in [6.07, 6.45) is 1.95. The summed E-state index contributed by atoms with van der Waals surface area (Å²) in [7, 11) is 0. The normalized spacial score (nSPS) is 10.7. The Kier molecular flexibility index (Phi) is 3.51. The van der Waals surface area contributed by atoms with E-state index in [-0.39, 0.29) is 11.7 Å². The number of aryl methyl sites for hydroxylation is 1. The van der Waals surface area contributed by atoms with Crippen LogP contribution in [0.3, 0.4) is 0 Å². The van der Waals surface area contributed by atoms with Crippen LogP contribution in [0.15, 0.2) is 47.4 Å². The van der Waals surface area contributed by atoms with Gasteiger partial charge >= 0.3 is 0 Å². The minimum atomic E-state index is -0.0395. The summed E-state index contributed by atoms with van der Waals surface area (Å²) in [6.45, 7) is 5.92. The van der Waals surface area contributed by atoms with E-state index in [0.717, 1.165) is 17.0 Å². The van der Waals surface area contributed by atoms with E-state index in [2.05, 4.69) is 0 Å². The molecule has 1 aromatic carbocycles. The highest BCUT2D eigenvalue weighted by molar-refractivity contribution is 5.40. The predicted molar refractivity (Wildman–Crippen MR) is 72.5 cm³/mol. The highest BCUT2D eigenvalue weighted by Gasteiger charge is 2.03. The minimum Gasteiger partial charge on any atom is -0.491 e. The van der Waals surface area contributed by atoms with Gasteiger partial charge in [0.25, 0.3) is 5.56 Å². The largest absolute Gasteiger partial charge is 0.491 e. The fourth-order valence-corrected chi connectivity index (χ4v) is 1.77. The quantitative estimate of drug-likeness (QED) is 0.830. The SMILES string of the molecule is Cc1ccc(=O)n(-c2cccc(OC(C)C)c2)c1. The van der Waals surface area contributed by atoms with Crippen molar-refractivity contribution < 1.29 is 4.74 Å². The molecular formula is C15H17NO2. The van der Waals surface area contributed by atoms with Gasteiger partial charge in [0.2, 0.25) is 0 Å². The summed E-state index contributed by atoms with van der Waals surface area (Å²) in [4.78, 5) is 11.8. The molecule has 0 atom stereocenters. The lowest BCUT2D eigenvalue weighted by molar-refractivity contribution is 0.242. The van der Waals surface area contributed by atoms with Crippen molar-refractivity contribution in [3.63, 3.8) is 0 Å². The maximum atomic E-state index is 11.8. The number of nitrogens with zero attached hydrogens (tertiary/aromatic N) is 1. The van der Waals surface area contributed by atoms with Gasteiger partial charge in [0, 0.05) is 18.3 Å². The number of ether oxygens (including phenoxy) is 1. The minimum absolute atomic E-state index is 0.0395. The second-order valence-electron chi connectivity index (χ2n) is 4.58. The Bertz CT molecular complexity index is 599. The second-order valence-corrected chi connectivity index (χ2v) is 4.58.